The third-order valence-corrected chi connectivity index (χ3v) is 7.42. The molecule has 1 unspecified atom stereocenters. The molecule has 5 aromatic rings. The molecule has 0 fully saturated rings. The van der Waals surface area contributed by atoms with Gasteiger partial charge in [-0.05, 0) is 65.9 Å². The van der Waals surface area contributed by atoms with Gasteiger partial charge in [0.25, 0.3) is 16.8 Å². The Morgan fingerprint density at radius 1 is 1.05 bits per heavy atom. The minimum Gasteiger partial charge on any atom is -0.854 e. The minimum absolute atomic E-state index is 0.255. The van der Waals surface area contributed by atoms with Crippen molar-refractivity contribution in [3.05, 3.63) is 107 Å². The Morgan fingerprint density at radius 3 is 2.58 bits per heavy atom. The van der Waals surface area contributed by atoms with E-state index in [4.69, 9.17) is 16.0 Å². The Bertz CT molecular complexity index is 1690. The van der Waals surface area contributed by atoms with Crippen molar-refractivity contribution in [1.82, 2.24) is 10.1 Å². The van der Waals surface area contributed by atoms with Gasteiger partial charge in [0.1, 0.15) is 5.76 Å². The van der Waals surface area contributed by atoms with Crippen LogP contribution in [0.2, 0.25) is 5.02 Å². The summed E-state index contributed by atoms with van der Waals surface area (Å²) in [5, 5.41) is 18.9. The molecule has 3 heterocycles. The van der Waals surface area contributed by atoms with E-state index in [-0.39, 0.29) is 11.6 Å². The normalized spacial score (nSPS) is 14.2. The van der Waals surface area contributed by atoms with Gasteiger partial charge in [-0.3, -0.25) is 4.79 Å². The fraction of sp³-hybridized carbons (Fsp3) is 0.103. The van der Waals surface area contributed by atoms with E-state index >= 15 is 0 Å². The van der Waals surface area contributed by atoms with Crippen molar-refractivity contribution in [3.63, 3.8) is 0 Å². The summed E-state index contributed by atoms with van der Waals surface area (Å²) >= 11 is 7.63. The standard InChI is InChI=1S/C29H21ClN4O3S/c1-17-12-13-19(16-21(17)30)23-14-15-24(37-23)27-33(28(36)18-8-4-3-5-9-18)22-11-7-6-10-20(22)25-26(35)31-29(38-2)32-34(25)27/h3-16,27H,1-2H3. The first-order valence-corrected chi connectivity index (χ1v) is 13.5. The summed E-state index contributed by atoms with van der Waals surface area (Å²) < 4.78 is 7.91. The molecule has 2 aromatic heterocycles. The molecule has 1 amide bonds. The number of anilines is 1. The summed E-state index contributed by atoms with van der Waals surface area (Å²) in [6, 6.07) is 25.6. The largest absolute Gasteiger partial charge is 0.854 e. The smallest absolute Gasteiger partial charge is 0.325 e. The zero-order valence-corrected chi connectivity index (χ0v) is 22.0. The van der Waals surface area contributed by atoms with Crippen LogP contribution in [-0.4, -0.2) is 22.2 Å². The molecule has 0 spiro atoms. The molecule has 38 heavy (non-hydrogen) atoms. The summed E-state index contributed by atoms with van der Waals surface area (Å²) in [5.41, 5.74) is 3.68. The van der Waals surface area contributed by atoms with Gasteiger partial charge >= 0.3 is 6.17 Å². The molecule has 3 aromatic carbocycles. The zero-order chi connectivity index (χ0) is 26.4. The van der Waals surface area contributed by atoms with E-state index < -0.39 is 12.0 Å². The summed E-state index contributed by atoms with van der Waals surface area (Å²) in [6.07, 6.45) is 0.927. The van der Waals surface area contributed by atoms with Gasteiger partial charge in [0.05, 0.1) is 17.1 Å². The van der Waals surface area contributed by atoms with Crippen LogP contribution in [0.15, 0.2) is 94.5 Å². The van der Waals surface area contributed by atoms with Gasteiger partial charge in [-0.2, -0.15) is 0 Å². The molecule has 188 valence electrons. The van der Waals surface area contributed by atoms with Gasteiger partial charge in [0, 0.05) is 21.2 Å². The molecule has 0 saturated heterocycles. The molecule has 0 bridgehead atoms. The number of para-hydroxylation sites is 1. The van der Waals surface area contributed by atoms with Crippen LogP contribution >= 0.6 is 23.4 Å². The van der Waals surface area contributed by atoms with Crippen molar-refractivity contribution in [1.29, 1.82) is 0 Å². The molecule has 1 atom stereocenters. The van der Waals surface area contributed by atoms with Crippen molar-refractivity contribution in [2.45, 2.75) is 18.2 Å². The Morgan fingerprint density at radius 2 is 1.82 bits per heavy atom. The molecule has 6 rings (SSSR count). The lowest BCUT2D eigenvalue weighted by Crippen LogP contribution is -2.59. The van der Waals surface area contributed by atoms with Gasteiger partial charge in [0.15, 0.2) is 5.76 Å². The van der Waals surface area contributed by atoms with Gasteiger partial charge in [-0.15, -0.1) is 0 Å². The van der Waals surface area contributed by atoms with Crippen LogP contribution in [0.5, 0.6) is 5.88 Å². The molecule has 0 aliphatic carbocycles. The number of carbonyl (C=O) groups is 1. The average Bonchev–Trinajstić information content (AvgIpc) is 3.43. The lowest BCUT2D eigenvalue weighted by Gasteiger charge is -2.32. The predicted octanol–water partition coefficient (Wildman–Crippen LogP) is 5.66. The minimum atomic E-state index is -0.871. The van der Waals surface area contributed by atoms with Gasteiger partial charge in [0.2, 0.25) is 0 Å². The second kappa shape index (κ2) is 9.63. The maximum Gasteiger partial charge on any atom is 0.325 e. The molecule has 0 radical (unpaired) electrons. The van der Waals surface area contributed by atoms with Crippen molar-refractivity contribution in [2.75, 3.05) is 11.2 Å². The summed E-state index contributed by atoms with van der Waals surface area (Å²) in [6.45, 7) is 1.93. The third-order valence-electron chi connectivity index (χ3n) is 6.48. The van der Waals surface area contributed by atoms with Gasteiger partial charge in [-0.25, -0.2) is 9.88 Å². The molecular formula is C29H21ClN4O3S. The van der Waals surface area contributed by atoms with E-state index in [0.717, 1.165) is 11.1 Å². The van der Waals surface area contributed by atoms with Crippen LogP contribution in [-0.2, 0) is 0 Å². The highest BCUT2D eigenvalue weighted by atomic mass is 35.5. The highest BCUT2D eigenvalue weighted by Crippen LogP contribution is 2.42. The lowest BCUT2D eigenvalue weighted by molar-refractivity contribution is -0.765. The monoisotopic (exact) mass is 540 g/mol. The number of aromatic nitrogens is 3. The fourth-order valence-corrected chi connectivity index (χ4v) is 5.13. The molecule has 0 saturated carbocycles. The number of halogens is 1. The number of furan rings is 1. The zero-order valence-electron chi connectivity index (χ0n) is 20.5. The molecular weight excluding hydrogens is 520 g/mol. The van der Waals surface area contributed by atoms with Crippen LogP contribution in [0.4, 0.5) is 5.69 Å². The topological polar surface area (TPSA) is 86.2 Å². The number of rotatable bonds is 4. The summed E-state index contributed by atoms with van der Waals surface area (Å²) in [5.74, 6) is 0.336. The fourth-order valence-electron chi connectivity index (χ4n) is 4.61. The number of benzene rings is 3. The van der Waals surface area contributed by atoms with E-state index in [0.29, 0.717) is 38.5 Å². The molecule has 7 nitrogen and oxygen atoms in total. The first-order valence-electron chi connectivity index (χ1n) is 11.9. The Labute approximate surface area is 228 Å². The maximum absolute atomic E-state index is 14.1. The van der Waals surface area contributed by atoms with Crippen molar-refractivity contribution in [3.8, 4) is 28.5 Å². The van der Waals surface area contributed by atoms with Crippen molar-refractivity contribution >= 4 is 35.0 Å². The third kappa shape index (κ3) is 4.02. The molecule has 1 aliphatic rings. The van der Waals surface area contributed by atoms with E-state index in [1.807, 2.05) is 67.6 Å². The molecule has 9 heteroatoms. The average molecular weight is 541 g/mol. The number of hydrogen-bond donors (Lipinski definition) is 0. The second-order valence-electron chi connectivity index (χ2n) is 8.79. The SMILES string of the molecule is CSc1nc([O-])c2[n+](n1)C(c1ccc(-c3ccc(C)c(Cl)c3)o1)N(C(=O)c1ccccc1)c1ccccc1-2. The first-order chi connectivity index (χ1) is 18.5. The number of thioether (sulfide) groups is 1. The molecule has 1 aliphatic heterocycles. The lowest BCUT2D eigenvalue weighted by atomic mass is 10.0. The number of hydrogen-bond acceptors (Lipinski definition) is 6. The van der Waals surface area contributed by atoms with Crippen molar-refractivity contribution < 1.29 is 19.0 Å². The van der Waals surface area contributed by atoms with E-state index in [9.17, 15) is 9.90 Å². The highest BCUT2D eigenvalue weighted by Gasteiger charge is 2.47. The number of aryl methyl sites for hydroxylation is 1. The van der Waals surface area contributed by atoms with E-state index in [1.54, 1.807) is 40.1 Å². The van der Waals surface area contributed by atoms with Crippen LogP contribution in [0.3, 0.4) is 0 Å². The number of fused-ring (bicyclic) bond motifs is 3. The predicted molar refractivity (Wildman–Crippen MR) is 144 cm³/mol. The number of amides is 1. The van der Waals surface area contributed by atoms with Crippen LogP contribution < -0.4 is 14.7 Å². The summed E-state index contributed by atoms with van der Waals surface area (Å²) in [7, 11) is 0. The quantitative estimate of drug-likeness (QED) is 0.216. The Balaban J connectivity index is 1.59. The maximum atomic E-state index is 14.1. The van der Waals surface area contributed by atoms with Crippen LogP contribution in [0, 0.1) is 6.92 Å². The molecule has 0 N–H and O–H groups in total. The summed E-state index contributed by atoms with van der Waals surface area (Å²) in [4.78, 5) is 19.9. The Hall–Kier alpha value is -4.14. The second-order valence-corrected chi connectivity index (χ2v) is 9.98. The first kappa shape index (κ1) is 24.2. The van der Waals surface area contributed by atoms with Gasteiger partial charge < -0.3 is 9.52 Å². The van der Waals surface area contributed by atoms with Crippen LogP contribution in [0.25, 0.3) is 22.6 Å². The number of nitrogens with zero attached hydrogens (tertiary/aromatic N) is 4. The van der Waals surface area contributed by atoms with E-state index in [1.165, 1.54) is 11.8 Å². The highest BCUT2D eigenvalue weighted by molar-refractivity contribution is 7.98. The van der Waals surface area contributed by atoms with Gasteiger partial charge in [-0.1, -0.05) is 65.8 Å². The van der Waals surface area contributed by atoms with E-state index in [2.05, 4.69) is 10.1 Å². The Kier molecular flexibility index (Phi) is 6.13. The number of carbonyl (C=O) groups excluding carboxylic acids is 1. The van der Waals surface area contributed by atoms with Crippen LogP contribution in [0.1, 0.15) is 27.8 Å². The van der Waals surface area contributed by atoms with Crippen molar-refractivity contribution in [2.24, 2.45) is 0 Å².